The Kier molecular flexibility index (Phi) is 4.81. The second-order valence-electron chi connectivity index (χ2n) is 6.54. The van der Waals surface area contributed by atoms with Crippen LogP contribution >= 0.6 is 0 Å². The summed E-state index contributed by atoms with van der Waals surface area (Å²) in [6.07, 6.45) is 4.13. The normalized spacial score (nSPS) is 37.7. The largest absolute Gasteiger partial charge is 0.396 e. The minimum absolute atomic E-state index is 0.197. The summed E-state index contributed by atoms with van der Waals surface area (Å²) >= 11 is 0. The molecule has 1 saturated carbocycles. The number of aliphatic hydroxyl groups excluding tert-OH is 2. The SMILES string of the molecule is CC(C)CC1(C)CCC(C(C)CO)C(O)C1. The maximum Gasteiger partial charge on any atom is 0.0577 e. The Morgan fingerprint density at radius 2 is 1.94 bits per heavy atom. The summed E-state index contributed by atoms with van der Waals surface area (Å²) in [6.45, 7) is 9.04. The molecule has 0 spiro atoms. The Labute approximate surface area is 100 Å². The molecular weight excluding hydrogens is 200 g/mol. The van der Waals surface area contributed by atoms with Crippen LogP contribution in [-0.4, -0.2) is 22.9 Å². The maximum absolute atomic E-state index is 10.2. The van der Waals surface area contributed by atoms with Gasteiger partial charge in [-0.05, 0) is 48.9 Å². The first-order valence-corrected chi connectivity index (χ1v) is 6.67. The van der Waals surface area contributed by atoms with Crippen LogP contribution in [0.25, 0.3) is 0 Å². The van der Waals surface area contributed by atoms with E-state index in [1.54, 1.807) is 0 Å². The van der Waals surface area contributed by atoms with Gasteiger partial charge in [-0.1, -0.05) is 27.7 Å². The lowest BCUT2D eigenvalue weighted by Gasteiger charge is -2.43. The molecule has 0 aromatic rings. The highest BCUT2D eigenvalue weighted by molar-refractivity contribution is 4.89. The zero-order valence-electron chi connectivity index (χ0n) is 11.2. The highest BCUT2D eigenvalue weighted by Crippen LogP contribution is 2.44. The summed E-state index contributed by atoms with van der Waals surface area (Å²) in [5.41, 5.74) is 0.305. The van der Waals surface area contributed by atoms with Gasteiger partial charge in [0.25, 0.3) is 0 Å². The van der Waals surface area contributed by atoms with Crippen molar-refractivity contribution in [2.75, 3.05) is 6.61 Å². The molecule has 0 aromatic heterocycles. The van der Waals surface area contributed by atoms with Crippen molar-refractivity contribution >= 4 is 0 Å². The molecule has 0 heterocycles. The molecule has 16 heavy (non-hydrogen) atoms. The molecule has 4 atom stereocenters. The van der Waals surface area contributed by atoms with E-state index < -0.39 is 0 Å². The number of hydrogen-bond acceptors (Lipinski definition) is 2. The van der Waals surface area contributed by atoms with Crippen molar-refractivity contribution in [2.45, 2.75) is 59.5 Å². The van der Waals surface area contributed by atoms with Crippen LogP contribution in [0.2, 0.25) is 0 Å². The van der Waals surface area contributed by atoms with Gasteiger partial charge < -0.3 is 10.2 Å². The molecular formula is C14H28O2. The third-order valence-electron chi connectivity index (χ3n) is 4.20. The molecule has 0 bridgehead atoms. The lowest BCUT2D eigenvalue weighted by Crippen LogP contribution is -2.39. The van der Waals surface area contributed by atoms with Crippen LogP contribution < -0.4 is 0 Å². The van der Waals surface area contributed by atoms with Crippen molar-refractivity contribution in [2.24, 2.45) is 23.2 Å². The molecule has 1 aliphatic rings. The third-order valence-corrected chi connectivity index (χ3v) is 4.20. The molecule has 4 unspecified atom stereocenters. The van der Waals surface area contributed by atoms with Crippen LogP contribution in [0.15, 0.2) is 0 Å². The van der Waals surface area contributed by atoms with Crippen molar-refractivity contribution in [3.05, 3.63) is 0 Å². The van der Waals surface area contributed by atoms with Gasteiger partial charge in [0, 0.05) is 6.61 Å². The summed E-state index contributed by atoms with van der Waals surface area (Å²) in [6, 6.07) is 0. The first-order valence-electron chi connectivity index (χ1n) is 6.67. The molecule has 0 aliphatic heterocycles. The van der Waals surface area contributed by atoms with E-state index >= 15 is 0 Å². The highest BCUT2D eigenvalue weighted by Gasteiger charge is 2.38. The first kappa shape index (κ1) is 14.0. The molecule has 2 heteroatoms. The Balaban J connectivity index is 2.56. The first-order chi connectivity index (χ1) is 7.38. The van der Waals surface area contributed by atoms with E-state index in [1.807, 2.05) is 6.92 Å². The average molecular weight is 228 g/mol. The standard InChI is InChI=1S/C14H28O2/c1-10(2)7-14(4)6-5-12(11(3)9-15)13(16)8-14/h10-13,15-16H,5-9H2,1-4H3. The van der Waals surface area contributed by atoms with Crippen molar-refractivity contribution in [3.63, 3.8) is 0 Å². The number of hydrogen-bond donors (Lipinski definition) is 2. The van der Waals surface area contributed by atoms with Crippen molar-refractivity contribution in [1.82, 2.24) is 0 Å². The molecule has 2 N–H and O–H groups in total. The van der Waals surface area contributed by atoms with E-state index in [0.29, 0.717) is 17.3 Å². The van der Waals surface area contributed by atoms with Gasteiger partial charge in [-0.15, -0.1) is 0 Å². The summed E-state index contributed by atoms with van der Waals surface area (Å²) in [5, 5.41) is 19.4. The van der Waals surface area contributed by atoms with Crippen LogP contribution in [0, 0.1) is 23.2 Å². The minimum Gasteiger partial charge on any atom is -0.396 e. The Morgan fingerprint density at radius 1 is 1.31 bits per heavy atom. The number of aliphatic hydroxyl groups is 2. The second-order valence-corrected chi connectivity index (χ2v) is 6.54. The van der Waals surface area contributed by atoms with Crippen molar-refractivity contribution < 1.29 is 10.2 Å². The highest BCUT2D eigenvalue weighted by atomic mass is 16.3. The molecule has 96 valence electrons. The zero-order chi connectivity index (χ0) is 12.3. The van der Waals surface area contributed by atoms with Crippen LogP contribution in [-0.2, 0) is 0 Å². The predicted molar refractivity (Wildman–Crippen MR) is 67.2 cm³/mol. The molecule has 0 amide bonds. The van der Waals surface area contributed by atoms with Gasteiger partial charge in [-0.2, -0.15) is 0 Å². The molecule has 1 fully saturated rings. The van der Waals surface area contributed by atoms with Gasteiger partial charge in [0.2, 0.25) is 0 Å². The van der Waals surface area contributed by atoms with E-state index in [4.69, 9.17) is 5.11 Å². The van der Waals surface area contributed by atoms with E-state index in [9.17, 15) is 5.11 Å². The van der Waals surface area contributed by atoms with Gasteiger partial charge in [-0.3, -0.25) is 0 Å². The molecule has 1 rings (SSSR count). The van der Waals surface area contributed by atoms with Gasteiger partial charge in [0.15, 0.2) is 0 Å². The van der Waals surface area contributed by atoms with E-state index in [-0.39, 0.29) is 18.6 Å². The zero-order valence-corrected chi connectivity index (χ0v) is 11.2. The summed E-state index contributed by atoms with van der Waals surface area (Å²) < 4.78 is 0. The van der Waals surface area contributed by atoms with Crippen molar-refractivity contribution in [3.8, 4) is 0 Å². The summed E-state index contributed by atoms with van der Waals surface area (Å²) in [4.78, 5) is 0. The van der Waals surface area contributed by atoms with Gasteiger partial charge >= 0.3 is 0 Å². The fourth-order valence-corrected chi connectivity index (χ4v) is 3.44. The fourth-order valence-electron chi connectivity index (χ4n) is 3.44. The molecule has 1 aliphatic carbocycles. The van der Waals surface area contributed by atoms with Gasteiger partial charge in [0.05, 0.1) is 6.10 Å². The second kappa shape index (κ2) is 5.50. The Bertz CT molecular complexity index is 215. The predicted octanol–water partition coefficient (Wildman–Crippen LogP) is 2.83. The van der Waals surface area contributed by atoms with Crippen LogP contribution in [0.1, 0.15) is 53.4 Å². The third kappa shape index (κ3) is 3.46. The maximum atomic E-state index is 10.2. The topological polar surface area (TPSA) is 40.5 Å². The van der Waals surface area contributed by atoms with Crippen molar-refractivity contribution in [1.29, 1.82) is 0 Å². The summed E-state index contributed by atoms with van der Waals surface area (Å²) in [7, 11) is 0. The molecule has 2 nitrogen and oxygen atoms in total. The van der Waals surface area contributed by atoms with E-state index in [2.05, 4.69) is 20.8 Å². The van der Waals surface area contributed by atoms with Crippen LogP contribution in [0.3, 0.4) is 0 Å². The molecule has 0 saturated heterocycles. The Hall–Kier alpha value is -0.0800. The average Bonchev–Trinajstić information content (AvgIpc) is 2.14. The van der Waals surface area contributed by atoms with E-state index in [0.717, 1.165) is 12.8 Å². The van der Waals surface area contributed by atoms with Crippen LogP contribution in [0.5, 0.6) is 0 Å². The fraction of sp³-hybridized carbons (Fsp3) is 1.00. The smallest absolute Gasteiger partial charge is 0.0577 e. The lowest BCUT2D eigenvalue weighted by atomic mass is 9.64. The summed E-state index contributed by atoms with van der Waals surface area (Å²) in [5.74, 6) is 1.23. The minimum atomic E-state index is -0.223. The van der Waals surface area contributed by atoms with E-state index in [1.165, 1.54) is 12.8 Å². The Morgan fingerprint density at radius 3 is 2.38 bits per heavy atom. The van der Waals surface area contributed by atoms with Gasteiger partial charge in [0.1, 0.15) is 0 Å². The van der Waals surface area contributed by atoms with Crippen LogP contribution in [0.4, 0.5) is 0 Å². The molecule has 0 aromatic carbocycles. The quantitative estimate of drug-likeness (QED) is 0.777. The molecule has 0 radical (unpaired) electrons. The number of rotatable bonds is 4. The lowest BCUT2D eigenvalue weighted by molar-refractivity contribution is -0.0295. The van der Waals surface area contributed by atoms with Gasteiger partial charge in [-0.25, -0.2) is 0 Å². The monoisotopic (exact) mass is 228 g/mol.